The van der Waals surface area contributed by atoms with Gasteiger partial charge in [-0.15, -0.1) is 17.9 Å². The van der Waals surface area contributed by atoms with Gasteiger partial charge in [-0.3, -0.25) is 9.59 Å². The van der Waals surface area contributed by atoms with Crippen molar-refractivity contribution in [2.75, 3.05) is 31.1 Å². The van der Waals surface area contributed by atoms with Crippen LogP contribution in [-0.2, 0) is 4.79 Å². The molecule has 7 heteroatoms. The summed E-state index contributed by atoms with van der Waals surface area (Å²) in [6, 6.07) is 5.92. The Balaban J connectivity index is 1.55. The first-order valence-electron chi connectivity index (χ1n) is 9.46. The molecule has 2 aromatic rings. The van der Waals surface area contributed by atoms with Crippen LogP contribution in [0, 0.1) is 0 Å². The fraction of sp³-hybridized carbons (Fsp3) is 0.333. The molecule has 0 atom stereocenters. The zero-order chi connectivity index (χ0) is 19.3. The molecular weight excluding hydrogens is 374 g/mol. The summed E-state index contributed by atoms with van der Waals surface area (Å²) in [5.41, 5.74) is 2.14. The van der Waals surface area contributed by atoms with Crippen LogP contribution in [0.4, 0.5) is 5.69 Å². The Hall–Kier alpha value is -2.64. The van der Waals surface area contributed by atoms with Crippen LogP contribution in [0.15, 0.2) is 35.6 Å². The maximum absolute atomic E-state index is 12.6. The van der Waals surface area contributed by atoms with Gasteiger partial charge in [-0.1, -0.05) is 12.1 Å². The van der Waals surface area contributed by atoms with Gasteiger partial charge < -0.3 is 19.9 Å². The van der Waals surface area contributed by atoms with E-state index in [-0.39, 0.29) is 16.9 Å². The first-order valence-corrected chi connectivity index (χ1v) is 10.3. The van der Waals surface area contributed by atoms with Crippen LogP contribution < -0.4 is 29.7 Å². The molecule has 0 radical (unpaired) electrons. The Kier molecular flexibility index (Phi) is 4.03. The van der Waals surface area contributed by atoms with Gasteiger partial charge in [0.15, 0.2) is 5.78 Å². The number of H-pyrrole nitrogens is 1. The molecule has 1 aromatic carbocycles. The van der Waals surface area contributed by atoms with E-state index in [4.69, 9.17) is 4.74 Å². The molecule has 144 valence electrons. The number of aromatic nitrogens is 1. The molecule has 2 fully saturated rings. The first-order chi connectivity index (χ1) is 13.6. The molecule has 2 aliphatic heterocycles. The standard InChI is InChI=1S/C21H21N3O3S/c1-2-7-24-8-9-27-16-4-3-13(10-15(16)24)11-17-19(26)23-20(28-17)14-12-22-21(5-6-21)18(14)25/h2-4,10-11,22H,1,5-9,12H2,(H,23,26)/b17-11-,20-14+. The van der Waals surface area contributed by atoms with Gasteiger partial charge in [0.05, 0.1) is 22.3 Å². The van der Waals surface area contributed by atoms with Crippen LogP contribution >= 0.6 is 11.3 Å². The third kappa shape index (κ3) is 2.82. The van der Waals surface area contributed by atoms with Crippen LogP contribution in [0.1, 0.15) is 18.4 Å². The number of thiazole rings is 1. The van der Waals surface area contributed by atoms with Crippen molar-refractivity contribution in [2.45, 2.75) is 18.4 Å². The number of aromatic amines is 1. The highest BCUT2D eigenvalue weighted by Gasteiger charge is 2.54. The molecule has 1 saturated heterocycles. The number of hydrogen-bond acceptors (Lipinski definition) is 6. The molecular formula is C21H21N3O3S. The molecule has 0 amide bonds. The lowest BCUT2D eigenvalue weighted by Gasteiger charge is -2.30. The molecule has 1 saturated carbocycles. The van der Waals surface area contributed by atoms with Crippen molar-refractivity contribution in [3.8, 4) is 5.75 Å². The van der Waals surface area contributed by atoms with Crippen LogP contribution in [0.5, 0.6) is 5.75 Å². The second kappa shape index (κ2) is 6.46. The van der Waals surface area contributed by atoms with Gasteiger partial charge in [-0.05, 0) is 36.6 Å². The molecule has 0 bridgehead atoms. The summed E-state index contributed by atoms with van der Waals surface area (Å²) in [6.07, 6.45) is 5.52. The van der Waals surface area contributed by atoms with Crippen molar-refractivity contribution < 1.29 is 9.53 Å². The average molecular weight is 395 g/mol. The molecule has 6 nitrogen and oxygen atoms in total. The smallest absolute Gasteiger partial charge is 0.266 e. The molecule has 1 aliphatic carbocycles. The van der Waals surface area contributed by atoms with Gasteiger partial charge in [0.25, 0.3) is 5.56 Å². The quantitative estimate of drug-likeness (QED) is 0.741. The maximum Gasteiger partial charge on any atom is 0.266 e. The Morgan fingerprint density at radius 3 is 2.93 bits per heavy atom. The second-order valence-electron chi connectivity index (χ2n) is 7.45. The number of ketones is 1. The SMILES string of the molecule is C=CCN1CCOc2ccc(/C=c3\s/c(=C4\CNC5(CC5)C4=O)[nH]c3=O)cc21. The Morgan fingerprint density at radius 1 is 1.32 bits per heavy atom. The zero-order valence-electron chi connectivity index (χ0n) is 15.4. The Bertz CT molecular complexity index is 1160. The van der Waals surface area contributed by atoms with E-state index in [2.05, 4.69) is 21.8 Å². The number of benzene rings is 1. The molecule has 1 aromatic heterocycles. The van der Waals surface area contributed by atoms with Crippen molar-refractivity contribution in [3.05, 3.63) is 56.0 Å². The van der Waals surface area contributed by atoms with E-state index in [1.807, 2.05) is 30.4 Å². The van der Waals surface area contributed by atoms with Gasteiger partial charge >= 0.3 is 0 Å². The van der Waals surface area contributed by atoms with Crippen molar-refractivity contribution in [1.82, 2.24) is 10.3 Å². The first kappa shape index (κ1) is 17.5. The van der Waals surface area contributed by atoms with Crippen molar-refractivity contribution in [2.24, 2.45) is 0 Å². The number of ether oxygens (including phenoxy) is 1. The molecule has 28 heavy (non-hydrogen) atoms. The Labute approximate surface area is 165 Å². The van der Waals surface area contributed by atoms with E-state index in [1.54, 1.807) is 0 Å². The molecule has 3 aliphatic rings. The van der Waals surface area contributed by atoms with E-state index in [9.17, 15) is 9.59 Å². The highest BCUT2D eigenvalue weighted by atomic mass is 32.1. The van der Waals surface area contributed by atoms with Crippen LogP contribution in [0.25, 0.3) is 11.6 Å². The third-order valence-corrected chi connectivity index (χ3v) is 6.66. The van der Waals surface area contributed by atoms with E-state index >= 15 is 0 Å². The lowest BCUT2D eigenvalue weighted by atomic mass is 10.1. The minimum Gasteiger partial charge on any atom is -0.490 e. The van der Waals surface area contributed by atoms with Crippen LogP contribution in [0.3, 0.4) is 0 Å². The lowest BCUT2D eigenvalue weighted by molar-refractivity contribution is -0.115. The van der Waals surface area contributed by atoms with Crippen LogP contribution in [-0.4, -0.2) is 42.5 Å². The number of carbonyl (C=O) groups is 1. The number of Topliss-reactive ketones (excluding diaryl/α,β-unsaturated/α-hetero) is 1. The molecule has 0 unspecified atom stereocenters. The van der Waals surface area contributed by atoms with Gasteiger partial charge in [0, 0.05) is 18.7 Å². The number of anilines is 1. The lowest BCUT2D eigenvalue weighted by Crippen LogP contribution is -2.32. The Morgan fingerprint density at radius 2 is 2.18 bits per heavy atom. The zero-order valence-corrected chi connectivity index (χ0v) is 16.2. The summed E-state index contributed by atoms with van der Waals surface area (Å²) in [5.74, 6) is 0.987. The van der Waals surface area contributed by atoms with E-state index < -0.39 is 0 Å². The summed E-state index contributed by atoms with van der Waals surface area (Å²) in [5, 5.41) is 3.30. The summed E-state index contributed by atoms with van der Waals surface area (Å²) in [7, 11) is 0. The van der Waals surface area contributed by atoms with E-state index in [0.29, 0.717) is 27.9 Å². The van der Waals surface area contributed by atoms with Crippen molar-refractivity contribution in [3.63, 3.8) is 0 Å². The maximum atomic E-state index is 12.6. The topological polar surface area (TPSA) is 74.4 Å². The largest absolute Gasteiger partial charge is 0.490 e. The predicted molar refractivity (Wildman–Crippen MR) is 110 cm³/mol. The fourth-order valence-corrected chi connectivity index (χ4v) is 4.86. The highest BCUT2D eigenvalue weighted by Crippen LogP contribution is 2.41. The summed E-state index contributed by atoms with van der Waals surface area (Å²) < 4.78 is 7.00. The average Bonchev–Trinajstić information content (AvgIpc) is 3.31. The van der Waals surface area contributed by atoms with E-state index in [0.717, 1.165) is 42.9 Å². The normalized spacial score (nSPS) is 22.4. The fourth-order valence-electron chi connectivity index (χ4n) is 3.87. The monoisotopic (exact) mass is 395 g/mol. The van der Waals surface area contributed by atoms with Gasteiger partial charge in [-0.25, -0.2) is 0 Å². The number of carbonyl (C=O) groups excluding carboxylic acids is 1. The molecule has 3 heterocycles. The number of nitrogens with one attached hydrogen (secondary N) is 2. The molecule has 1 spiro atoms. The van der Waals surface area contributed by atoms with Gasteiger partial charge in [-0.2, -0.15) is 0 Å². The third-order valence-electron chi connectivity index (χ3n) is 5.59. The van der Waals surface area contributed by atoms with Crippen molar-refractivity contribution in [1.29, 1.82) is 0 Å². The van der Waals surface area contributed by atoms with Crippen LogP contribution in [0.2, 0.25) is 0 Å². The minimum absolute atomic E-state index is 0.141. The number of nitrogens with zero attached hydrogens (tertiary/aromatic N) is 1. The summed E-state index contributed by atoms with van der Waals surface area (Å²) >= 11 is 1.35. The highest BCUT2D eigenvalue weighted by molar-refractivity contribution is 7.07. The number of fused-ring (bicyclic) bond motifs is 1. The van der Waals surface area contributed by atoms with E-state index in [1.165, 1.54) is 11.3 Å². The minimum atomic E-state index is -0.340. The molecule has 5 rings (SSSR count). The van der Waals surface area contributed by atoms with Crippen molar-refractivity contribution >= 4 is 34.5 Å². The van der Waals surface area contributed by atoms with Gasteiger partial charge in [0.1, 0.15) is 17.0 Å². The summed E-state index contributed by atoms with van der Waals surface area (Å²) in [4.78, 5) is 30.1. The van der Waals surface area contributed by atoms with Gasteiger partial charge in [0.2, 0.25) is 0 Å². The number of rotatable bonds is 3. The molecule has 2 N–H and O–H groups in total. The number of hydrogen-bond donors (Lipinski definition) is 2. The summed E-state index contributed by atoms with van der Waals surface area (Å²) in [6.45, 7) is 6.56. The second-order valence-corrected chi connectivity index (χ2v) is 8.50. The predicted octanol–water partition coefficient (Wildman–Crippen LogP) is 0.506.